The Bertz CT molecular complexity index is 1150. The number of carbonyl (C=O) groups is 1. The molecule has 0 aliphatic carbocycles. The van der Waals surface area contributed by atoms with Crippen molar-refractivity contribution in [1.29, 1.82) is 0 Å². The van der Waals surface area contributed by atoms with Gasteiger partial charge in [-0.15, -0.1) is 0 Å². The van der Waals surface area contributed by atoms with E-state index in [1.54, 1.807) is 24.3 Å². The van der Waals surface area contributed by atoms with Gasteiger partial charge >= 0.3 is 6.18 Å². The normalized spacial score (nSPS) is 13.9. The number of hydrogen-bond acceptors (Lipinski definition) is 6. The van der Waals surface area contributed by atoms with Crippen molar-refractivity contribution in [2.45, 2.75) is 12.3 Å². The van der Waals surface area contributed by atoms with Crippen molar-refractivity contribution in [1.82, 2.24) is 10.2 Å². The van der Waals surface area contributed by atoms with Crippen molar-refractivity contribution in [2.75, 3.05) is 30.4 Å². The number of nitrogens with zero attached hydrogens (tertiary/aromatic N) is 3. The molecule has 0 radical (unpaired) electrons. The van der Waals surface area contributed by atoms with Gasteiger partial charge in [0, 0.05) is 6.07 Å². The first kappa shape index (κ1) is 22.3. The molecule has 172 valence electrons. The topological polar surface area (TPSA) is 76.6 Å². The van der Waals surface area contributed by atoms with Crippen LogP contribution in [0.1, 0.15) is 15.9 Å². The number of methoxy groups -OCH3 is 1. The molecular formula is C22H18F4N4O3. The average Bonchev–Trinajstić information content (AvgIpc) is 2.75. The number of amides is 1. The van der Waals surface area contributed by atoms with Gasteiger partial charge in [-0.3, -0.25) is 4.79 Å². The number of anilines is 2. The van der Waals surface area contributed by atoms with Gasteiger partial charge in [0.2, 0.25) is 0 Å². The molecule has 2 aromatic carbocycles. The fourth-order valence-corrected chi connectivity index (χ4v) is 3.44. The first-order chi connectivity index (χ1) is 15.7. The molecule has 1 amide bonds. The Hall–Kier alpha value is -3.89. The Kier molecular flexibility index (Phi) is 6.03. The van der Waals surface area contributed by atoms with Gasteiger partial charge in [0.05, 0.1) is 49.5 Å². The minimum absolute atomic E-state index is 0.208. The molecule has 0 atom stereocenters. The second kappa shape index (κ2) is 8.93. The van der Waals surface area contributed by atoms with Crippen LogP contribution < -0.4 is 19.7 Å². The summed E-state index contributed by atoms with van der Waals surface area (Å²) in [5.74, 6) is -1.33. The molecule has 0 spiro atoms. The van der Waals surface area contributed by atoms with Crippen LogP contribution >= 0.6 is 0 Å². The number of halogens is 4. The molecule has 2 heterocycles. The number of ether oxygens (including phenoxy) is 2. The third-order valence-corrected chi connectivity index (χ3v) is 4.98. The minimum atomic E-state index is -4.68. The maximum atomic E-state index is 13.6. The van der Waals surface area contributed by atoms with Crippen molar-refractivity contribution in [3.8, 4) is 11.5 Å². The molecule has 1 aliphatic rings. The number of aromatic nitrogens is 2. The van der Waals surface area contributed by atoms with Crippen molar-refractivity contribution in [3.63, 3.8) is 0 Å². The Labute approximate surface area is 185 Å². The summed E-state index contributed by atoms with van der Waals surface area (Å²) in [6.07, 6.45) is -2.33. The zero-order valence-corrected chi connectivity index (χ0v) is 17.3. The molecule has 3 aromatic rings. The molecule has 33 heavy (non-hydrogen) atoms. The third kappa shape index (κ3) is 4.97. The standard InChI is InChI=1S/C22H18F4N4O3/c1-32-19-4-2-3-18(20(19)21(31)29-15-5-6-27-28-10-15)30-11-17(12-30)33-16-8-13(22(24,25)26)7-14(23)9-16/h2-10,17H,11-12H2,1H3,(H,27,29,31). The molecule has 7 nitrogen and oxygen atoms in total. The average molecular weight is 462 g/mol. The number of alkyl halides is 3. The molecule has 1 aliphatic heterocycles. The number of benzene rings is 2. The highest BCUT2D eigenvalue weighted by atomic mass is 19.4. The van der Waals surface area contributed by atoms with Crippen LogP contribution in [0.15, 0.2) is 54.9 Å². The number of rotatable bonds is 6. The van der Waals surface area contributed by atoms with E-state index in [4.69, 9.17) is 9.47 Å². The number of hydrogen-bond donors (Lipinski definition) is 1. The maximum Gasteiger partial charge on any atom is 0.416 e. The van der Waals surface area contributed by atoms with Crippen molar-refractivity contribution in [3.05, 3.63) is 71.8 Å². The third-order valence-electron chi connectivity index (χ3n) is 4.98. The molecular weight excluding hydrogens is 444 g/mol. The fraction of sp³-hybridized carbons (Fsp3) is 0.227. The summed E-state index contributed by atoms with van der Waals surface area (Å²) in [5.41, 5.74) is 0.165. The summed E-state index contributed by atoms with van der Waals surface area (Å²) >= 11 is 0. The summed E-state index contributed by atoms with van der Waals surface area (Å²) in [6, 6.07) is 8.76. The van der Waals surface area contributed by atoms with Gasteiger partial charge in [-0.25, -0.2) is 4.39 Å². The van der Waals surface area contributed by atoms with Gasteiger partial charge in [-0.2, -0.15) is 23.4 Å². The van der Waals surface area contributed by atoms with Gasteiger partial charge in [0.1, 0.15) is 29.0 Å². The summed E-state index contributed by atoms with van der Waals surface area (Å²) in [6.45, 7) is 0.560. The van der Waals surface area contributed by atoms with Crippen molar-refractivity contribution >= 4 is 17.3 Å². The summed E-state index contributed by atoms with van der Waals surface area (Å²) in [7, 11) is 1.44. The van der Waals surface area contributed by atoms with Crippen LogP contribution in [0.2, 0.25) is 0 Å². The second-order valence-electron chi connectivity index (χ2n) is 7.26. The first-order valence-electron chi connectivity index (χ1n) is 9.79. The quantitative estimate of drug-likeness (QED) is 0.555. The molecule has 1 fully saturated rings. The van der Waals surface area contributed by atoms with Gasteiger partial charge in [-0.05, 0) is 30.3 Å². The molecule has 0 unspecified atom stereocenters. The molecule has 4 rings (SSSR count). The Morgan fingerprint density at radius 3 is 2.61 bits per heavy atom. The smallest absolute Gasteiger partial charge is 0.416 e. The maximum absolute atomic E-state index is 13.6. The zero-order valence-electron chi connectivity index (χ0n) is 17.3. The Morgan fingerprint density at radius 1 is 1.15 bits per heavy atom. The van der Waals surface area contributed by atoms with E-state index in [0.717, 1.165) is 12.1 Å². The summed E-state index contributed by atoms with van der Waals surface area (Å²) in [4.78, 5) is 14.8. The fourth-order valence-electron chi connectivity index (χ4n) is 3.44. The van der Waals surface area contributed by atoms with Gasteiger partial charge in [0.25, 0.3) is 5.91 Å². The first-order valence-corrected chi connectivity index (χ1v) is 9.79. The lowest BCUT2D eigenvalue weighted by atomic mass is 10.0. The van der Waals surface area contributed by atoms with E-state index < -0.39 is 29.6 Å². The van der Waals surface area contributed by atoms with Crippen LogP contribution in [0.25, 0.3) is 0 Å². The monoisotopic (exact) mass is 462 g/mol. The highest BCUT2D eigenvalue weighted by Crippen LogP contribution is 2.35. The van der Waals surface area contributed by atoms with E-state index in [0.29, 0.717) is 23.2 Å². The lowest BCUT2D eigenvalue weighted by Gasteiger charge is -2.41. The number of nitrogens with one attached hydrogen (secondary N) is 1. The molecule has 1 N–H and O–H groups in total. The molecule has 11 heteroatoms. The largest absolute Gasteiger partial charge is 0.496 e. The van der Waals surface area contributed by atoms with Crippen LogP contribution in [0, 0.1) is 5.82 Å². The lowest BCUT2D eigenvalue weighted by molar-refractivity contribution is -0.137. The van der Waals surface area contributed by atoms with Crippen LogP contribution in [-0.2, 0) is 6.18 Å². The van der Waals surface area contributed by atoms with Gasteiger partial charge in [0.15, 0.2) is 0 Å². The molecule has 0 bridgehead atoms. The van der Waals surface area contributed by atoms with Crippen LogP contribution in [0.5, 0.6) is 11.5 Å². The molecule has 1 aromatic heterocycles. The van der Waals surface area contributed by atoms with Crippen LogP contribution in [-0.4, -0.2) is 42.4 Å². The second-order valence-corrected chi connectivity index (χ2v) is 7.26. The number of carbonyl (C=O) groups excluding carboxylic acids is 1. The summed E-state index contributed by atoms with van der Waals surface area (Å²) in [5, 5.41) is 10.1. The predicted octanol–water partition coefficient (Wildman–Crippen LogP) is 4.16. The molecule has 1 saturated heterocycles. The van der Waals surface area contributed by atoms with E-state index in [2.05, 4.69) is 15.5 Å². The van der Waals surface area contributed by atoms with E-state index in [9.17, 15) is 22.4 Å². The summed E-state index contributed by atoms with van der Waals surface area (Å²) < 4.78 is 63.3. The Morgan fingerprint density at radius 2 is 1.94 bits per heavy atom. The van der Waals surface area contributed by atoms with Crippen molar-refractivity contribution in [2.24, 2.45) is 0 Å². The Balaban J connectivity index is 1.50. The van der Waals surface area contributed by atoms with E-state index in [-0.39, 0.29) is 24.4 Å². The highest BCUT2D eigenvalue weighted by molar-refractivity contribution is 6.10. The highest BCUT2D eigenvalue weighted by Gasteiger charge is 2.35. The van der Waals surface area contributed by atoms with Crippen molar-refractivity contribution < 1.29 is 31.8 Å². The van der Waals surface area contributed by atoms with Gasteiger partial charge < -0.3 is 19.7 Å². The van der Waals surface area contributed by atoms with E-state index in [1.165, 1.54) is 19.5 Å². The molecule has 0 saturated carbocycles. The minimum Gasteiger partial charge on any atom is -0.496 e. The predicted molar refractivity (Wildman–Crippen MR) is 111 cm³/mol. The SMILES string of the molecule is COc1cccc(N2CC(Oc3cc(F)cc(C(F)(F)F)c3)C2)c1C(=O)Nc1ccnnc1. The zero-order chi connectivity index (χ0) is 23.6. The van der Waals surface area contributed by atoms with E-state index in [1.807, 2.05) is 4.90 Å². The van der Waals surface area contributed by atoms with Gasteiger partial charge in [-0.1, -0.05) is 6.07 Å². The van der Waals surface area contributed by atoms with Crippen LogP contribution in [0.3, 0.4) is 0 Å². The lowest BCUT2D eigenvalue weighted by Crippen LogP contribution is -2.54. The van der Waals surface area contributed by atoms with E-state index >= 15 is 0 Å². The van der Waals surface area contributed by atoms with Crippen LogP contribution in [0.4, 0.5) is 28.9 Å².